The summed E-state index contributed by atoms with van der Waals surface area (Å²) in [5, 5.41) is 0.991. The van der Waals surface area contributed by atoms with Crippen LogP contribution < -0.4 is 0 Å². The number of carbonyl (C=O) groups excluding carboxylic acids is 1. The third-order valence-electron chi connectivity index (χ3n) is 2.66. The monoisotopic (exact) mass is 239 g/mol. The van der Waals surface area contributed by atoms with E-state index in [1.54, 1.807) is 0 Å². The lowest BCUT2D eigenvalue weighted by atomic mass is 9.98. The first-order valence-corrected chi connectivity index (χ1v) is 6.04. The summed E-state index contributed by atoms with van der Waals surface area (Å²) in [5.41, 5.74) is 1.79. The third kappa shape index (κ3) is 2.62. The Hall–Kier alpha value is -2.01. The van der Waals surface area contributed by atoms with Crippen molar-refractivity contribution in [3.63, 3.8) is 0 Å². The van der Waals surface area contributed by atoms with Crippen molar-refractivity contribution in [2.75, 3.05) is 0 Å². The van der Waals surface area contributed by atoms with Crippen LogP contribution in [-0.4, -0.2) is 10.9 Å². The molecule has 2 aromatic rings. The Bertz CT molecular complexity index is 632. The van der Waals surface area contributed by atoms with E-state index in [0.717, 1.165) is 22.8 Å². The van der Waals surface area contributed by atoms with Gasteiger partial charge in [0.05, 0.1) is 6.54 Å². The van der Waals surface area contributed by atoms with E-state index in [0.29, 0.717) is 6.54 Å². The van der Waals surface area contributed by atoms with Crippen LogP contribution in [0.15, 0.2) is 30.5 Å². The van der Waals surface area contributed by atoms with Gasteiger partial charge in [0.25, 0.3) is 0 Å². The van der Waals surface area contributed by atoms with Gasteiger partial charge in [-0.1, -0.05) is 30.0 Å². The number of para-hydroxylation sites is 1. The summed E-state index contributed by atoms with van der Waals surface area (Å²) in [7, 11) is 0. The minimum absolute atomic E-state index is 0.0104. The zero-order valence-electron chi connectivity index (χ0n) is 11.0. The Morgan fingerprint density at radius 1 is 1.28 bits per heavy atom. The highest BCUT2D eigenvalue weighted by atomic mass is 16.1. The van der Waals surface area contributed by atoms with E-state index in [2.05, 4.69) is 32.6 Å². The quantitative estimate of drug-likeness (QED) is 0.580. The van der Waals surface area contributed by atoms with Crippen molar-refractivity contribution >= 4 is 17.2 Å². The van der Waals surface area contributed by atoms with Crippen LogP contribution in [0.25, 0.3) is 10.9 Å². The van der Waals surface area contributed by atoms with Gasteiger partial charge >= 0.3 is 0 Å². The van der Waals surface area contributed by atoms with Crippen molar-refractivity contribution in [1.29, 1.82) is 0 Å². The Morgan fingerprint density at radius 3 is 2.67 bits per heavy atom. The van der Waals surface area contributed by atoms with Crippen LogP contribution in [0.1, 0.15) is 31.1 Å². The summed E-state index contributed by atoms with van der Waals surface area (Å²) in [6.45, 7) is 6.88. The smallest absolute Gasteiger partial charge is 0.152 e. The molecule has 1 heterocycles. The van der Waals surface area contributed by atoms with E-state index >= 15 is 0 Å². The molecular formula is C16H17NO. The van der Waals surface area contributed by atoms with E-state index in [-0.39, 0.29) is 5.41 Å². The lowest BCUT2D eigenvalue weighted by Gasteiger charge is -2.07. The number of hydrogen-bond donors (Lipinski definition) is 0. The number of rotatable bonds is 2. The largest absolute Gasteiger partial charge is 0.335 e. The number of hydrogen-bond acceptors (Lipinski definition) is 1. The second kappa shape index (κ2) is 4.70. The molecule has 1 aromatic heterocycles. The molecule has 0 atom stereocenters. The van der Waals surface area contributed by atoms with Gasteiger partial charge in [0.2, 0.25) is 0 Å². The predicted molar refractivity (Wildman–Crippen MR) is 74.6 cm³/mol. The molecule has 0 saturated carbocycles. The van der Waals surface area contributed by atoms with E-state index in [4.69, 9.17) is 0 Å². The first-order valence-electron chi connectivity index (χ1n) is 6.04. The lowest BCUT2D eigenvalue weighted by Crippen LogP contribution is -2.01. The highest BCUT2D eigenvalue weighted by Crippen LogP contribution is 2.19. The molecule has 2 rings (SSSR count). The predicted octanol–water partition coefficient (Wildman–Crippen LogP) is 3.50. The molecule has 0 saturated heterocycles. The van der Waals surface area contributed by atoms with Crippen molar-refractivity contribution in [1.82, 2.24) is 4.57 Å². The summed E-state index contributed by atoms with van der Waals surface area (Å²) in [6, 6.07) is 7.90. The van der Waals surface area contributed by atoms with Crippen LogP contribution in [-0.2, 0) is 6.54 Å². The zero-order chi connectivity index (χ0) is 13.2. The molecule has 0 unspecified atom stereocenters. The highest BCUT2D eigenvalue weighted by molar-refractivity contribution is 5.97. The van der Waals surface area contributed by atoms with Crippen LogP contribution in [0, 0.1) is 17.3 Å². The van der Waals surface area contributed by atoms with Gasteiger partial charge in [-0.05, 0) is 26.8 Å². The van der Waals surface area contributed by atoms with E-state index in [1.165, 1.54) is 0 Å². The molecule has 0 aliphatic carbocycles. The zero-order valence-corrected chi connectivity index (χ0v) is 11.0. The summed E-state index contributed by atoms with van der Waals surface area (Å²) >= 11 is 0. The van der Waals surface area contributed by atoms with Gasteiger partial charge in [-0.15, -0.1) is 0 Å². The van der Waals surface area contributed by atoms with Crippen LogP contribution in [0.3, 0.4) is 0 Å². The Kier molecular flexibility index (Phi) is 3.25. The fourth-order valence-corrected chi connectivity index (χ4v) is 1.89. The van der Waals surface area contributed by atoms with Gasteiger partial charge in [-0.3, -0.25) is 4.79 Å². The number of benzene rings is 1. The first kappa shape index (κ1) is 12.4. The molecule has 0 aliphatic heterocycles. The third-order valence-corrected chi connectivity index (χ3v) is 2.66. The van der Waals surface area contributed by atoms with E-state index < -0.39 is 0 Å². The summed E-state index contributed by atoms with van der Waals surface area (Å²) < 4.78 is 2.03. The van der Waals surface area contributed by atoms with Crippen molar-refractivity contribution < 1.29 is 4.79 Å². The molecule has 0 aliphatic rings. The summed E-state index contributed by atoms with van der Waals surface area (Å²) in [5.74, 6) is 6.37. The number of fused-ring (bicyclic) bond motifs is 1. The van der Waals surface area contributed by atoms with Crippen molar-refractivity contribution in [2.45, 2.75) is 27.3 Å². The molecule has 0 radical (unpaired) electrons. The molecule has 2 heteroatoms. The average Bonchev–Trinajstić information content (AvgIpc) is 2.66. The Balaban J connectivity index is 2.39. The van der Waals surface area contributed by atoms with Gasteiger partial charge in [0.15, 0.2) is 6.29 Å². The number of nitrogens with zero attached hydrogens (tertiary/aromatic N) is 1. The molecule has 1 aromatic carbocycles. The maximum Gasteiger partial charge on any atom is 0.152 e. The summed E-state index contributed by atoms with van der Waals surface area (Å²) in [4.78, 5) is 11.0. The Morgan fingerprint density at radius 2 is 2.00 bits per heavy atom. The SMILES string of the molecule is CC(C)(C)C#CCn1cc(C=O)c2ccccc21. The van der Waals surface area contributed by atoms with Crippen LogP contribution >= 0.6 is 0 Å². The second-order valence-electron chi connectivity index (χ2n) is 5.40. The average molecular weight is 239 g/mol. The van der Waals surface area contributed by atoms with Gasteiger partial charge in [0.1, 0.15) is 0 Å². The fourth-order valence-electron chi connectivity index (χ4n) is 1.89. The van der Waals surface area contributed by atoms with Gasteiger partial charge in [-0.2, -0.15) is 0 Å². The molecule has 0 bridgehead atoms. The number of carbonyl (C=O) groups is 1. The molecular weight excluding hydrogens is 222 g/mol. The molecule has 0 fully saturated rings. The van der Waals surface area contributed by atoms with E-state index in [1.807, 2.05) is 35.0 Å². The Labute approximate surface area is 108 Å². The molecule has 18 heavy (non-hydrogen) atoms. The van der Waals surface area contributed by atoms with Crippen molar-refractivity contribution in [3.05, 3.63) is 36.0 Å². The molecule has 0 amide bonds. The standard InChI is InChI=1S/C16H17NO/c1-16(2,3)9-6-10-17-11-13(12-18)14-7-4-5-8-15(14)17/h4-5,7-8,11-12H,10H2,1-3H3. The molecule has 0 spiro atoms. The highest BCUT2D eigenvalue weighted by Gasteiger charge is 2.06. The van der Waals surface area contributed by atoms with Gasteiger partial charge in [0, 0.05) is 28.1 Å². The minimum atomic E-state index is 0.0104. The van der Waals surface area contributed by atoms with Crippen LogP contribution in [0.4, 0.5) is 0 Å². The normalized spacial score (nSPS) is 11.1. The lowest BCUT2D eigenvalue weighted by molar-refractivity contribution is 0.112. The minimum Gasteiger partial charge on any atom is -0.335 e. The van der Waals surface area contributed by atoms with Crippen LogP contribution in [0.5, 0.6) is 0 Å². The number of aromatic nitrogens is 1. The number of aldehydes is 1. The molecule has 92 valence electrons. The second-order valence-corrected chi connectivity index (χ2v) is 5.40. The summed E-state index contributed by atoms with van der Waals surface area (Å²) in [6.07, 6.45) is 2.77. The molecule has 2 nitrogen and oxygen atoms in total. The maximum atomic E-state index is 11.0. The van der Waals surface area contributed by atoms with E-state index in [9.17, 15) is 4.79 Å². The van der Waals surface area contributed by atoms with Crippen molar-refractivity contribution in [2.24, 2.45) is 5.41 Å². The maximum absolute atomic E-state index is 11.0. The van der Waals surface area contributed by atoms with Crippen molar-refractivity contribution in [3.8, 4) is 11.8 Å². The topological polar surface area (TPSA) is 22.0 Å². The van der Waals surface area contributed by atoms with Crippen LogP contribution in [0.2, 0.25) is 0 Å². The van der Waals surface area contributed by atoms with Gasteiger partial charge < -0.3 is 4.57 Å². The molecule has 0 N–H and O–H groups in total. The van der Waals surface area contributed by atoms with Gasteiger partial charge in [-0.25, -0.2) is 0 Å². The first-order chi connectivity index (χ1) is 8.51. The fraction of sp³-hybridized carbons (Fsp3) is 0.312.